The molecular weight excluding hydrogens is 388 g/mol. The first-order valence-electron chi connectivity index (χ1n) is 10.5. The number of amides is 1. The zero-order chi connectivity index (χ0) is 21.2. The molecule has 1 saturated heterocycles. The van der Waals surface area contributed by atoms with E-state index in [0.29, 0.717) is 18.7 Å². The topological polar surface area (TPSA) is 67.2 Å². The van der Waals surface area contributed by atoms with E-state index in [2.05, 4.69) is 15.0 Å². The fraction of sp³-hybridized carbons (Fsp3) is 0.250. The third kappa shape index (κ3) is 4.04. The van der Waals surface area contributed by atoms with Crippen LogP contribution in [0.3, 0.4) is 0 Å². The molecule has 0 N–H and O–H groups in total. The van der Waals surface area contributed by atoms with E-state index < -0.39 is 0 Å². The average Bonchev–Trinajstić information content (AvgIpc) is 3.25. The zero-order valence-electron chi connectivity index (χ0n) is 17.5. The Morgan fingerprint density at radius 2 is 1.77 bits per heavy atom. The van der Waals surface area contributed by atoms with Gasteiger partial charge in [-0.2, -0.15) is 5.10 Å². The molecule has 7 nitrogen and oxygen atoms in total. The number of fused-ring (bicyclic) bond motifs is 1. The molecule has 0 spiro atoms. The van der Waals surface area contributed by atoms with Gasteiger partial charge in [-0.15, -0.1) is 0 Å². The number of piperazine rings is 1. The smallest absolute Gasteiger partial charge is 0.254 e. The number of carbonyl (C=O) groups is 1. The van der Waals surface area contributed by atoms with Crippen molar-refractivity contribution in [1.29, 1.82) is 0 Å². The van der Waals surface area contributed by atoms with E-state index >= 15 is 0 Å². The molecule has 0 unspecified atom stereocenters. The zero-order valence-corrected chi connectivity index (χ0v) is 17.5. The summed E-state index contributed by atoms with van der Waals surface area (Å²) in [4.78, 5) is 27.0. The third-order valence-corrected chi connectivity index (χ3v) is 5.69. The fourth-order valence-corrected chi connectivity index (χ4v) is 4.04. The van der Waals surface area contributed by atoms with E-state index in [4.69, 9.17) is 4.98 Å². The minimum absolute atomic E-state index is 0.0493. The predicted octanol–water partition coefficient (Wildman–Crippen LogP) is 2.99. The maximum Gasteiger partial charge on any atom is 0.254 e. The Morgan fingerprint density at radius 3 is 2.52 bits per heavy atom. The van der Waals surface area contributed by atoms with Gasteiger partial charge in [0.05, 0.1) is 22.5 Å². The first kappa shape index (κ1) is 19.4. The molecular formula is C24H24N6O. The summed E-state index contributed by atoms with van der Waals surface area (Å²) < 4.78 is 1.74. The van der Waals surface area contributed by atoms with Crippen LogP contribution in [0.15, 0.2) is 67.0 Å². The lowest BCUT2D eigenvalue weighted by Gasteiger charge is -2.34. The number of nitrogens with zero attached hydrogens (tertiary/aromatic N) is 6. The van der Waals surface area contributed by atoms with Crippen LogP contribution in [0.25, 0.3) is 22.3 Å². The van der Waals surface area contributed by atoms with Crippen molar-refractivity contribution >= 4 is 16.8 Å². The Kier molecular flexibility index (Phi) is 5.18. The van der Waals surface area contributed by atoms with Gasteiger partial charge in [0.25, 0.3) is 5.91 Å². The molecule has 4 heterocycles. The molecule has 7 heteroatoms. The summed E-state index contributed by atoms with van der Waals surface area (Å²) in [5, 5.41) is 5.35. The standard InChI is InChI=1S/C24H24N6O/c1-28-11-9-22(27-28)23-16-20(19-7-2-3-8-21(19)26-23)24(31)30-14-12-29(13-15-30)17-18-6-4-5-10-25-18/h2-11,16H,12-15,17H2,1H3. The lowest BCUT2D eigenvalue weighted by atomic mass is 10.0. The molecule has 5 rings (SSSR count). The van der Waals surface area contributed by atoms with Crippen LogP contribution in [0.5, 0.6) is 0 Å². The summed E-state index contributed by atoms with van der Waals surface area (Å²) in [6.07, 6.45) is 3.71. The predicted molar refractivity (Wildman–Crippen MR) is 119 cm³/mol. The van der Waals surface area contributed by atoms with Crippen LogP contribution in [0.1, 0.15) is 16.1 Å². The number of hydrogen-bond acceptors (Lipinski definition) is 5. The van der Waals surface area contributed by atoms with Crippen LogP contribution >= 0.6 is 0 Å². The molecule has 4 aromatic rings. The second-order valence-corrected chi connectivity index (χ2v) is 7.84. The number of hydrogen-bond donors (Lipinski definition) is 0. The van der Waals surface area contributed by atoms with Gasteiger partial charge in [0.15, 0.2) is 0 Å². The number of aryl methyl sites for hydroxylation is 1. The molecule has 1 fully saturated rings. The largest absolute Gasteiger partial charge is 0.336 e. The third-order valence-electron chi connectivity index (χ3n) is 5.69. The van der Waals surface area contributed by atoms with Crippen LogP contribution in [0.4, 0.5) is 0 Å². The summed E-state index contributed by atoms with van der Waals surface area (Å²) in [7, 11) is 1.88. The summed E-state index contributed by atoms with van der Waals surface area (Å²) in [6, 6.07) is 17.6. The van der Waals surface area contributed by atoms with E-state index in [1.807, 2.05) is 78.9 Å². The molecule has 0 saturated carbocycles. The van der Waals surface area contributed by atoms with Gasteiger partial charge in [-0.25, -0.2) is 4.98 Å². The SMILES string of the molecule is Cn1ccc(-c2cc(C(=O)N3CCN(Cc4ccccn4)CC3)c3ccccc3n2)n1. The van der Waals surface area contributed by atoms with Gasteiger partial charge in [0.1, 0.15) is 5.69 Å². The van der Waals surface area contributed by atoms with Crippen molar-refractivity contribution in [2.24, 2.45) is 7.05 Å². The maximum absolute atomic E-state index is 13.5. The lowest BCUT2D eigenvalue weighted by Crippen LogP contribution is -2.48. The second kappa shape index (κ2) is 8.28. The number of pyridine rings is 2. The van der Waals surface area contributed by atoms with Gasteiger partial charge in [-0.05, 0) is 30.3 Å². The number of aromatic nitrogens is 4. The molecule has 1 aliphatic rings. The molecule has 156 valence electrons. The molecule has 0 radical (unpaired) electrons. The molecule has 1 aliphatic heterocycles. The number of carbonyl (C=O) groups excluding carboxylic acids is 1. The van der Waals surface area contributed by atoms with Gasteiger partial charge in [-0.1, -0.05) is 24.3 Å². The van der Waals surface area contributed by atoms with E-state index in [-0.39, 0.29) is 5.91 Å². The number of benzene rings is 1. The molecule has 1 aromatic carbocycles. The van der Waals surface area contributed by atoms with Crippen LogP contribution in [-0.2, 0) is 13.6 Å². The molecule has 3 aromatic heterocycles. The van der Waals surface area contributed by atoms with E-state index in [1.54, 1.807) is 4.68 Å². The Balaban J connectivity index is 1.38. The highest BCUT2D eigenvalue weighted by molar-refractivity contribution is 6.07. The van der Waals surface area contributed by atoms with Crippen LogP contribution < -0.4 is 0 Å². The molecule has 1 amide bonds. The Labute approximate surface area is 181 Å². The van der Waals surface area contributed by atoms with Crippen molar-refractivity contribution in [2.75, 3.05) is 26.2 Å². The van der Waals surface area contributed by atoms with Crippen molar-refractivity contribution in [3.8, 4) is 11.4 Å². The van der Waals surface area contributed by atoms with Gasteiger partial charge >= 0.3 is 0 Å². The molecule has 0 aliphatic carbocycles. The minimum Gasteiger partial charge on any atom is -0.336 e. The minimum atomic E-state index is 0.0493. The van der Waals surface area contributed by atoms with Gasteiger partial charge in [-0.3, -0.25) is 19.4 Å². The van der Waals surface area contributed by atoms with E-state index in [9.17, 15) is 4.79 Å². The summed E-state index contributed by atoms with van der Waals surface area (Å²) in [5.41, 5.74) is 4.04. The van der Waals surface area contributed by atoms with E-state index in [1.165, 1.54) is 0 Å². The van der Waals surface area contributed by atoms with Crippen LogP contribution in [0, 0.1) is 0 Å². The molecule has 31 heavy (non-hydrogen) atoms. The average molecular weight is 412 g/mol. The molecule has 0 bridgehead atoms. The first-order valence-corrected chi connectivity index (χ1v) is 10.5. The molecule has 0 atom stereocenters. The Bertz CT molecular complexity index is 1210. The van der Waals surface area contributed by atoms with Crippen molar-refractivity contribution in [1.82, 2.24) is 29.5 Å². The highest BCUT2D eigenvalue weighted by atomic mass is 16.2. The van der Waals surface area contributed by atoms with Crippen molar-refractivity contribution in [3.63, 3.8) is 0 Å². The van der Waals surface area contributed by atoms with Crippen LogP contribution in [-0.4, -0.2) is 61.6 Å². The van der Waals surface area contributed by atoms with Crippen molar-refractivity contribution in [3.05, 3.63) is 78.2 Å². The van der Waals surface area contributed by atoms with Gasteiger partial charge < -0.3 is 4.90 Å². The number of para-hydroxylation sites is 1. The second-order valence-electron chi connectivity index (χ2n) is 7.84. The first-order chi connectivity index (χ1) is 15.2. The van der Waals surface area contributed by atoms with Crippen molar-refractivity contribution < 1.29 is 4.79 Å². The maximum atomic E-state index is 13.5. The number of rotatable bonds is 4. The van der Waals surface area contributed by atoms with Crippen LogP contribution in [0.2, 0.25) is 0 Å². The summed E-state index contributed by atoms with van der Waals surface area (Å²) in [6.45, 7) is 3.87. The summed E-state index contributed by atoms with van der Waals surface area (Å²) in [5.74, 6) is 0.0493. The highest BCUT2D eigenvalue weighted by Crippen LogP contribution is 2.25. The van der Waals surface area contributed by atoms with Gasteiger partial charge in [0, 0.05) is 57.6 Å². The quantitative estimate of drug-likeness (QED) is 0.516. The lowest BCUT2D eigenvalue weighted by molar-refractivity contribution is 0.0629. The summed E-state index contributed by atoms with van der Waals surface area (Å²) >= 11 is 0. The van der Waals surface area contributed by atoms with Gasteiger partial charge in [0.2, 0.25) is 0 Å². The Hall–Kier alpha value is -3.58. The van der Waals surface area contributed by atoms with E-state index in [0.717, 1.165) is 47.6 Å². The normalized spacial score (nSPS) is 14.8. The fourth-order valence-electron chi connectivity index (χ4n) is 4.04. The monoisotopic (exact) mass is 412 g/mol. The van der Waals surface area contributed by atoms with Crippen molar-refractivity contribution in [2.45, 2.75) is 6.54 Å². The Morgan fingerprint density at radius 1 is 0.968 bits per heavy atom. The highest BCUT2D eigenvalue weighted by Gasteiger charge is 2.24.